The number of hydrogen-bond acceptors (Lipinski definition) is 5. The number of carbonyl (C=O) groups is 1. The van der Waals surface area contributed by atoms with E-state index < -0.39 is 59.8 Å². The quantitative estimate of drug-likeness (QED) is 0.497. The van der Waals surface area contributed by atoms with Gasteiger partial charge in [0.05, 0.1) is 0 Å². The zero-order chi connectivity index (χ0) is 21.4. The molecule has 0 fully saturated rings. The van der Waals surface area contributed by atoms with Crippen LogP contribution in [0.25, 0.3) is 0 Å². The van der Waals surface area contributed by atoms with Gasteiger partial charge in [-0.1, -0.05) is 6.58 Å². The zero-order valence-electron chi connectivity index (χ0n) is 11.9. The molecule has 0 aliphatic rings. The minimum absolute atomic E-state index is 0.143. The van der Waals surface area contributed by atoms with Crippen molar-refractivity contribution in [1.82, 2.24) is 5.32 Å². The Morgan fingerprint density at radius 3 is 1.46 bits per heavy atom. The SMILES string of the molecule is C=CC(=O)NC(CC(S(=O)(=O)C(F)(F)F)S(=O)(=O)C(F)(F)F)C(F)(F)F. The minimum atomic E-state index is -7.26. The van der Waals surface area contributed by atoms with Gasteiger partial charge in [0.15, 0.2) is 4.58 Å². The first kappa shape index (κ1) is 24.5. The minimum Gasteiger partial charge on any atom is -0.341 e. The lowest BCUT2D eigenvalue weighted by Crippen LogP contribution is -2.52. The van der Waals surface area contributed by atoms with E-state index in [2.05, 4.69) is 6.58 Å². The highest BCUT2D eigenvalue weighted by molar-refractivity contribution is 8.09. The molecule has 0 spiro atoms. The van der Waals surface area contributed by atoms with Crippen LogP contribution in [0.1, 0.15) is 6.42 Å². The lowest BCUT2D eigenvalue weighted by molar-refractivity contribution is -0.161. The largest absolute Gasteiger partial charge is 0.498 e. The maximum Gasteiger partial charge on any atom is 0.498 e. The van der Waals surface area contributed by atoms with Crippen LogP contribution in [-0.4, -0.2) is 50.6 Å². The van der Waals surface area contributed by atoms with E-state index in [-0.39, 0.29) is 6.08 Å². The molecule has 154 valence electrons. The zero-order valence-corrected chi connectivity index (χ0v) is 13.5. The van der Waals surface area contributed by atoms with Crippen molar-refractivity contribution in [3.05, 3.63) is 12.7 Å². The van der Waals surface area contributed by atoms with Gasteiger partial charge < -0.3 is 5.32 Å². The highest BCUT2D eigenvalue weighted by Gasteiger charge is 2.64. The van der Waals surface area contributed by atoms with E-state index in [1.807, 2.05) is 0 Å². The van der Waals surface area contributed by atoms with Gasteiger partial charge in [0.1, 0.15) is 6.04 Å². The topological polar surface area (TPSA) is 97.4 Å². The van der Waals surface area contributed by atoms with Crippen molar-refractivity contribution in [2.75, 3.05) is 0 Å². The lowest BCUT2D eigenvalue weighted by atomic mass is 10.2. The molecule has 0 aliphatic heterocycles. The molecule has 1 atom stereocenters. The van der Waals surface area contributed by atoms with Gasteiger partial charge in [-0.15, -0.1) is 0 Å². The molecule has 0 aromatic heterocycles. The molecule has 0 saturated heterocycles. The van der Waals surface area contributed by atoms with Gasteiger partial charge >= 0.3 is 17.2 Å². The van der Waals surface area contributed by atoms with Gasteiger partial charge in [-0.3, -0.25) is 4.79 Å². The molecule has 0 aromatic carbocycles. The van der Waals surface area contributed by atoms with E-state index in [4.69, 9.17) is 0 Å². The second-order valence-corrected chi connectivity index (χ2v) is 9.00. The Morgan fingerprint density at radius 1 is 0.885 bits per heavy atom. The van der Waals surface area contributed by atoms with Crippen molar-refractivity contribution in [1.29, 1.82) is 0 Å². The average molecular weight is 445 g/mol. The summed E-state index contributed by atoms with van der Waals surface area (Å²) in [5.41, 5.74) is -13.2. The summed E-state index contributed by atoms with van der Waals surface area (Å²) in [6.45, 7) is 2.68. The number of hydrogen-bond donors (Lipinski definition) is 1. The van der Waals surface area contributed by atoms with Crippen LogP contribution in [0.3, 0.4) is 0 Å². The van der Waals surface area contributed by atoms with Crippen LogP contribution >= 0.6 is 0 Å². The highest BCUT2D eigenvalue weighted by Crippen LogP contribution is 2.39. The number of halogens is 9. The molecule has 1 N–H and O–H groups in total. The molecule has 6 nitrogen and oxygen atoms in total. The Hall–Kier alpha value is -1.52. The Morgan fingerprint density at radius 2 is 1.23 bits per heavy atom. The molecule has 1 amide bonds. The summed E-state index contributed by atoms with van der Waals surface area (Å²) in [4.78, 5) is 10.9. The number of carbonyl (C=O) groups excluding carboxylic acids is 1. The molecular weight excluding hydrogens is 437 g/mol. The van der Waals surface area contributed by atoms with E-state index in [0.717, 1.165) is 5.32 Å². The van der Waals surface area contributed by atoms with E-state index in [1.165, 1.54) is 0 Å². The van der Waals surface area contributed by atoms with E-state index in [1.54, 1.807) is 0 Å². The van der Waals surface area contributed by atoms with Crippen LogP contribution in [-0.2, 0) is 24.5 Å². The molecule has 0 saturated carbocycles. The Balaban J connectivity index is 6.45. The van der Waals surface area contributed by atoms with Crippen LogP contribution in [0, 0.1) is 0 Å². The van der Waals surface area contributed by atoms with Gasteiger partial charge in [0, 0.05) is 6.42 Å². The standard InChI is InChI=1S/C9H8F9NO5S2/c1-2-5(20)19-4(7(10,11)12)3-6(25(21,22)8(13,14)15)26(23,24)9(16,17)18/h2,4,6H,1,3H2,(H,19,20). The molecule has 17 heteroatoms. The number of amides is 1. The Bertz CT molecular complexity index is 704. The first-order chi connectivity index (χ1) is 11.2. The van der Waals surface area contributed by atoms with Crippen LogP contribution in [0.15, 0.2) is 12.7 Å². The second-order valence-electron chi connectivity index (χ2n) is 4.45. The molecule has 0 heterocycles. The van der Waals surface area contributed by atoms with Crippen LogP contribution in [0.2, 0.25) is 0 Å². The fourth-order valence-electron chi connectivity index (χ4n) is 1.42. The summed E-state index contributed by atoms with van der Waals surface area (Å²) in [7, 11) is -14.5. The summed E-state index contributed by atoms with van der Waals surface area (Å²) in [5, 5.41) is 0.839. The number of rotatable bonds is 6. The summed E-state index contributed by atoms with van der Waals surface area (Å²) in [6, 6.07) is -3.66. The molecule has 1 unspecified atom stereocenters. The molecule has 0 bridgehead atoms. The Kier molecular flexibility index (Phi) is 6.82. The Labute approximate surface area is 139 Å². The number of alkyl halides is 9. The fourth-order valence-corrected chi connectivity index (χ4v) is 4.89. The van der Waals surface area contributed by atoms with Crippen LogP contribution < -0.4 is 5.32 Å². The van der Waals surface area contributed by atoms with Gasteiger partial charge in [0.25, 0.3) is 19.7 Å². The van der Waals surface area contributed by atoms with Gasteiger partial charge in [0.2, 0.25) is 5.91 Å². The summed E-state index contributed by atoms with van der Waals surface area (Å²) in [5.74, 6) is -1.75. The first-order valence-electron chi connectivity index (χ1n) is 5.79. The fraction of sp³-hybridized carbons (Fsp3) is 0.667. The summed E-state index contributed by atoms with van der Waals surface area (Å²) < 4.78 is 153. The maximum absolute atomic E-state index is 12.7. The van der Waals surface area contributed by atoms with Crippen molar-refractivity contribution < 1.29 is 61.1 Å². The van der Waals surface area contributed by atoms with Crippen molar-refractivity contribution in [2.24, 2.45) is 0 Å². The average Bonchev–Trinajstić information content (AvgIpc) is 2.38. The first-order valence-corrected chi connectivity index (χ1v) is 8.88. The number of nitrogens with one attached hydrogen (secondary N) is 1. The summed E-state index contributed by atoms with van der Waals surface area (Å²) >= 11 is 0. The maximum atomic E-state index is 12.7. The van der Waals surface area contributed by atoms with E-state index >= 15 is 0 Å². The van der Waals surface area contributed by atoms with Crippen LogP contribution in [0.5, 0.6) is 0 Å². The predicted molar refractivity (Wildman–Crippen MR) is 66.5 cm³/mol. The van der Waals surface area contributed by atoms with E-state index in [9.17, 15) is 61.1 Å². The predicted octanol–water partition coefficient (Wildman–Crippen LogP) is 1.80. The van der Waals surface area contributed by atoms with Crippen molar-refractivity contribution >= 4 is 25.6 Å². The van der Waals surface area contributed by atoms with Crippen molar-refractivity contribution in [2.45, 2.75) is 34.2 Å². The number of sulfone groups is 2. The third-order valence-electron chi connectivity index (χ3n) is 2.66. The molecular formula is C9H8F9NO5S2. The van der Waals surface area contributed by atoms with Crippen LogP contribution in [0.4, 0.5) is 39.5 Å². The molecule has 0 aromatic rings. The van der Waals surface area contributed by atoms with Gasteiger partial charge in [-0.25, -0.2) is 16.8 Å². The molecule has 26 heavy (non-hydrogen) atoms. The lowest BCUT2D eigenvalue weighted by Gasteiger charge is -2.26. The van der Waals surface area contributed by atoms with Crippen molar-refractivity contribution in [3.63, 3.8) is 0 Å². The van der Waals surface area contributed by atoms with Gasteiger partial charge in [-0.05, 0) is 6.08 Å². The summed E-state index contributed by atoms with van der Waals surface area (Å²) in [6.07, 6.45) is -8.42. The molecule has 0 radical (unpaired) electrons. The van der Waals surface area contributed by atoms with Gasteiger partial charge in [-0.2, -0.15) is 39.5 Å². The third-order valence-corrected chi connectivity index (χ3v) is 7.24. The van der Waals surface area contributed by atoms with E-state index in [0.29, 0.717) is 0 Å². The monoisotopic (exact) mass is 445 g/mol. The molecule has 0 rings (SSSR count). The second kappa shape index (κ2) is 7.24. The normalized spacial score (nSPS) is 15.6. The van der Waals surface area contributed by atoms with Crippen molar-refractivity contribution in [3.8, 4) is 0 Å². The third kappa shape index (κ3) is 5.24. The highest BCUT2D eigenvalue weighted by atomic mass is 32.3. The smallest absolute Gasteiger partial charge is 0.341 e. The molecule has 0 aliphatic carbocycles.